The molecule has 1 aromatic rings. The summed E-state index contributed by atoms with van der Waals surface area (Å²) in [5.41, 5.74) is 4.40. The van der Waals surface area contributed by atoms with E-state index in [-0.39, 0.29) is 6.29 Å². The highest BCUT2D eigenvalue weighted by molar-refractivity contribution is 6.20. The van der Waals surface area contributed by atoms with Gasteiger partial charge in [0.1, 0.15) is 0 Å². The molecule has 0 aliphatic rings. The van der Waals surface area contributed by atoms with Gasteiger partial charge in [-0.05, 0) is 0 Å². The molecule has 0 spiro atoms. The van der Waals surface area contributed by atoms with Crippen molar-refractivity contribution in [1.29, 1.82) is 0 Å². The van der Waals surface area contributed by atoms with Gasteiger partial charge in [-0.3, -0.25) is 15.2 Å². The molecule has 0 unspecified atom stereocenters. The number of nitrogens with zero attached hydrogens (tertiary/aromatic N) is 2. The fourth-order valence-electron chi connectivity index (χ4n) is 0.516. The Balaban J connectivity index is 2.28. The number of carbonyl (C=O) groups excluding carboxylic acids is 2. The van der Waals surface area contributed by atoms with Gasteiger partial charge < -0.3 is 4.84 Å². The summed E-state index contributed by atoms with van der Waals surface area (Å²) < 4.78 is 0. The molecule has 13 heavy (non-hydrogen) atoms. The number of hydrogen-bond acceptors (Lipinski definition) is 7. The Morgan fingerprint density at radius 1 is 1.54 bits per heavy atom. The minimum atomic E-state index is -1.03. The number of carbonyl (C=O) groups is 2. The molecule has 0 aromatic carbocycles. The van der Waals surface area contributed by atoms with Crippen molar-refractivity contribution in [2.45, 2.75) is 0 Å². The Morgan fingerprint density at radius 3 is 3.00 bits per heavy atom. The van der Waals surface area contributed by atoms with Crippen LogP contribution in [0.15, 0.2) is 18.6 Å². The van der Waals surface area contributed by atoms with Crippen LogP contribution in [0.5, 0.6) is 0 Å². The van der Waals surface area contributed by atoms with Crippen molar-refractivity contribution >= 4 is 18.1 Å². The van der Waals surface area contributed by atoms with Crippen LogP contribution in [0.4, 0.5) is 5.82 Å². The smallest absolute Gasteiger partial charge is 0.344 e. The molecule has 0 aliphatic carbocycles. The molecular formula is C6H6N4O3. The van der Waals surface area contributed by atoms with Crippen molar-refractivity contribution in [3.63, 3.8) is 0 Å². The highest BCUT2D eigenvalue weighted by Gasteiger charge is 1.97. The first-order chi connectivity index (χ1) is 6.33. The van der Waals surface area contributed by atoms with Crippen LogP contribution in [0.1, 0.15) is 0 Å². The maximum absolute atomic E-state index is 10.3. The van der Waals surface area contributed by atoms with Gasteiger partial charge in [0.25, 0.3) is 0 Å². The standard InChI is InChI=1S/C6H6N4O3/c11-4-6(12)13-10-9-5-3-7-1-2-8-5/h1-4,10H,(H,8,9). The van der Waals surface area contributed by atoms with E-state index in [1.807, 2.05) is 5.59 Å². The van der Waals surface area contributed by atoms with E-state index in [9.17, 15) is 9.59 Å². The van der Waals surface area contributed by atoms with E-state index >= 15 is 0 Å². The van der Waals surface area contributed by atoms with Gasteiger partial charge >= 0.3 is 5.97 Å². The van der Waals surface area contributed by atoms with Gasteiger partial charge in [-0.2, -0.15) is 0 Å². The molecule has 0 bridgehead atoms. The van der Waals surface area contributed by atoms with Crippen LogP contribution in [0, 0.1) is 0 Å². The van der Waals surface area contributed by atoms with Gasteiger partial charge in [0.2, 0.25) is 6.29 Å². The van der Waals surface area contributed by atoms with Gasteiger partial charge in [-0.25, -0.2) is 9.78 Å². The number of hydrogen-bond donors (Lipinski definition) is 2. The largest absolute Gasteiger partial charge is 0.391 e. The topological polar surface area (TPSA) is 93.2 Å². The van der Waals surface area contributed by atoms with Gasteiger partial charge in [-0.15, -0.1) is 0 Å². The first-order valence-corrected chi connectivity index (χ1v) is 3.26. The molecule has 7 nitrogen and oxygen atoms in total. The van der Waals surface area contributed by atoms with Gasteiger partial charge in [0.15, 0.2) is 5.82 Å². The molecule has 0 amide bonds. The van der Waals surface area contributed by atoms with Crippen LogP contribution in [0.2, 0.25) is 0 Å². The molecule has 0 saturated carbocycles. The number of anilines is 1. The van der Waals surface area contributed by atoms with Crippen LogP contribution >= 0.6 is 0 Å². The average molecular weight is 182 g/mol. The van der Waals surface area contributed by atoms with Crippen LogP contribution in [-0.4, -0.2) is 22.2 Å². The highest BCUT2D eigenvalue weighted by Crippen LogP contribution is 1.92. The maximum atomic E-state index is 10.3. The Morgan fingerprint density at radius 2 is 2.38 bits per heavy atom. The first-order valence-electron chi connectivity index (χ1n) is 3.26. The minimum Gasteiger partial charge on any atom is -0.344 e. The normalized spacial score (nSPS) is 8.92. The summed E-state index contributed by atoms with van der Waals surface area (Å²) in [5, 5.41) is 0. The number of nitrogens with one attached hydrogen (secondary N) is 2. The molecule has 0 aliphatic heterocycles. The summed E-state index contributed by atoms with van der Waals surface area (Å²) in [7, 11) is 0. The Hall–Kier alpha value is -2.02. The van der Waals surface area contributed by atoms with E-state index in [2.05, 4.69) is 20.2 Å². The van der Waals surface area contributed by atoms with E-state index in [4.69, 9.17) is 0 Å². The lowest BCUT2D eigenvalue weighted by Crippen LogP contribution is -2.26. The van der Waals surface area contributed by atoms with Crippen LogP contribution in [0.3, 0.4) is 0 Å². The predicted octanol–water partition coefficient (Wildman–Crippen LogP) is -0.950. The molecular weight excluding hydrogens is 176 g/mol. The third-order valence-electron chi connectivity index (χ3n) is 0.990. The molecule has 68 valence electrons. The molecule has 0 fully saturated rings. The zero-order valence-electron chi connectivity index (χ0n) is 6.43. The van der Waals surface area contributed by atoms with Crippen molar-refractivity contribution in [2.75, 3.05) is 5.43 Å². The predicted molar refractivity (Wildman–Crippen MR) is 40.9 cm³/mol. The monoisotopic (exact) mass is 182 g/mol. The Labute approximate surface area is 73.1 Å². The van der Waals surface area contributed by atoms with Gasteiger partial charge in [0, 0.05) is 12.4 Å². The highest BCUT2D eigenvalue weighted by atomic mass is 16.7. The van der Waals surface area contributed by atoms with Crippen molar-refractivity contribution in [2.24, 2.45) is 0 Å². The molecule has 0 radical (unpaired) electrons. The zero-order valence-corrected chi connectivity index (χ0v) is 6.43. The van der Waals surface area contributed by atoms with Crippen molar-refractivity contribution in [3.05, 3.63) is 18.6 Å². The molecule has 1 rings (SSSR count). The second kappa shape index (κ2) is 4.78. The summed E-state index contributed by atoms with van der Waals surface area (Å²) in [4.78, 5) is 31.7. The van der Waals surface area contributed by atoms with Crippen LogP contribution in [-0.2, 0) is 14.4 Å². The lowest BCUT2D eigenvalue weighted by atomic mass is 10.7. The fraction of sp³-hybridized carbons (Fsp3) is 0. The van der Waals surface area contributed by atoms with E-state index < -0.39 is 5.97 Å². The third-order valence-corrected chi connectivity index (χ3v) is 0.990. The molecule has 1 heterocycles. The van der Waals surface area contributed by atoms with Gasteiger partial charge in [0.05, 0.1) is 6.20 Å². The van der Waals surface area contributed by atoms with E-state index in [0.717, 1.165) is 0 Å². The second-order valence-corrected chi connectivity index (χ2v) is 1.86. The number of hydrazine groups is 1. The third kappa shape index (κ3) is 3.25. The maximum Gasteiger partial charge on any atom is 0.391 e. The SMILES string of the molecule is O=CC(=O)ONNc1cnccn1. The first kappa shape index (κ1) is 9.07. The quantitative estimate of drug-likeness (QED) is 0.352. The van der Waals surface area contributed by atoms with Crippen molar-refractivity contribution in [3.8, 4) is 0 Å². The Kier molecular flexibility index (Phi) is 3.33. The molecule has 0 saturated heterocycles. The van der Waals surface area contributed by atoms with Crippen LogP contribution in [0.25, 0.3) is 0 Å². The number of aldehydes is 1. The zero-order chi connectivity index (χ0) is 9.52. The summed E-state index contributed by atoms with van der Waals surface area (Å²) in [5.74, 6) is -0.669. The summed E-state index contributed by atoms with van der Waals surface area (Å²) in [6.45, 7) is 0. The molecule has 2 N–H and O–H groups in total. The molecule has 7 heteroatoms. The average Bonchev–Trinajstić information content (AvgIpc) is 2.19. The number of aromatic nitrogens is 2. The van der Waals surface area contributed by atoms with Gasteiger partial charge in [-0.1, -0.05) is 5.59 Å². The van der Waals surface area contributed by atoms with Crippen molar-refractivity contribution < 1.29 is 14.4 Å². The lowest BCUT2D eigenvalue weighted by Gasteiger charge is -2.03. The van der Waals surface area contributed by atoms with Crippen LogP contribution < -0.4 is 11.0 Å². The van der Waals surface area contributed by atoms with E-state index in [1.165, 1.54) is 18.6 Å². The van der Waals surface area contributed by atoms with Crippen molar-refractivity contribution in [1.82, 2.24) is 15.6 Å². The fourth-order valence-corrected chi connectivity index (χ4v) is 0.516. The molecule has 1 aromatic heterocycles. The Bertz CT molecular complexity index is 289. The summed E-state index contributed by atoms with van der Waals surface area (Å²) >= 11 is 0. The number of rotatable bonds is 4. The molecule has 0 atom stereocenters. The minimum absolute atomic E-state index is 0.0331. The lowest BCUT2D eigenvalue weighted by molar-refractivity contribution is -0.153. The summed E-state index contributed by atoms with van der Waals surface area (Å²) in [6, 6.07) is 0. The summed E-state index contributed by atoms with van der Waals surface area (Å²) in [6.07, 6.45) is 4.38. The second-order valence-electron chi connectivity index (χ2n) is 1.86. The van der Waals surface area contributed by atoms with E-state index in [1.54, 1.807) is 0 Å². The van der Waals surface area contributed by atoms with E-state index in [0.29, 0.717) is 5.82 Å².